The highest BCUT2D eigenvalue weighted by Crippen LogP contribution is 2.17. The van der Waals surface area contributed by atoms with E-state index in [1.807, 2.05) is 0 Å². The van der Waals surface area contributed by atoms with Gasteiger partial charge in [-0.05, 0) is 50.9 Å². The fourth-order valence-electron chi connectivity index (χ4n) is 2.46. The molecular weight excluding hydrogens is 302 g/mol. The Kier molecular flexibility index (Phi) is 5.79. The van der Waals surface area contributed by atoms with Crippen molar-refractivity contribution in [2.24, 2.45) is 5.92 Å². The number of nitrogens with one attached hydrogen (secondary N) is 3. The molecule has 3 N–H and O–H groups in total. The molecule has 1 aliphatic heterocycles. The quantitative estimate of drug-likeness (QED) is 0.702. The molecule has 1 atom stereocenters. The minimum Gasteiger partial charge on any atom is -0.352 e. The third-order valence-corrected chi connectivity index (χ3v) is 5.11. The topological polar surface area (TPSA) is 87.3 Å². The van der Waals surface area contributed by atoms with E-state index in [1.165, 1.54) is 0 Å². The summed E-state index contributed by atoms with van der Waals surface area (Å²) in [6, 6.07) is 6.65. The van der Waals surface area contributed by atoms with Crippen LogP contribution in [0.4, 0.5) is 5.69 Å². The van der Waals surface area contributed by atoms with E-state index < -0.39 is 10.0 Å². The third kappa shape index (κ3) is 4.71. The zero-order chi connectivity index (χ0) is 16.0. The van der Waals surface area contributed by atoms with Crippen molar-refractivity contribution in [1.82, 2.24) is 10.6 Å². The van der Waals surface area contributed by atoms with Gasteiger partial charge < -0.3 is 10.6 Å². The largest absolute Gasteiger partial charge is 0.352 e. The summed E-state index contributed by atoms with van der Waals surface area (Å²) in [5, 5.41) is 6.16. The highest BCUT2D eigenvalue weighted by Gasteiger charge is 2.17. The number of amides is 1. The van der Waals surface area contributed by atoms with E-state index in [2.05, 4.69) is 15.4 Å². The molecule has 122 valence electrons. The second kappa shape index (κ2) is 7.60. The minimum absolute atomic E-state index is 0.0301. The van der Waals surface area contributed by atoms with E-state index in [9.17, 15) is 13.2 Å². The predicted molar refractivity (Wildman–Crippen MR) is 87.5 cm³/mol. The van der Waals surface area contributed by atoms with Crippen molar-refractivity contribution in [2.75, 3.05) is 30.1 Å². The molecule has 1 fully saturated rings. The maximum Gasteiger partial charge on any atom is 0.253 e. The fourth-order valence-corrected chi connectivity index (χ4v) is 3.11. The van der Waals surface area contributed by atoms with Crippen LogP contribution in [-0.2, 0) is 10.0 Å². The minimum atomic E-state index is -3.40. The Balaban J connectivity index is 1.96. The van der Waals surface area contributed by atoms with Crippen LogP contribution in [0.1, 0.15) is 30.1 Å². The third-order valence-electron chi connectivity index (χ3n) is 3.82. The number of benzene rings is 1. The molecule has 0 aliphatic carbocycles. The van der Waals surface area contributed by atoms with Gasteiger partial charge in [0.05, 0.1) is 17.0 Å². The van der Waals surface area contributed by atoms with E-state index in [0.717, 1.165) is 25.9 Å². The normalized spacial score (nSPS) is 18.1. The summed E-state index contributed by atoms with van der Waals surface area (Å²) in [4.78, 5) is 12.3. The summed E-state index contributed by atoms with van der Waals surface area (Å²) in [5.74, 6) is 0.326. The summed E-state index contributed by atoms with van der Waals surface area (Å²) >= 11 is 0. The Morgan fingerprint density at radius 3 is 2.82 bits per heavy atom. The number of hydrogen-bond donors (Lipinski definition) is 3. The van der Waals surface area contributed by atoms with Gasteiger partial charge in [-0.2, -0.15) is 0 Å². The zero-order valence-electron chi connectivity index (χ0n) is 12.8. The van der Waals surface area contributed by atoms with Crippen molar-refractivity contribution in [3.05, 3.63) is 29.8 Å². The van der Waals surface area contributed by atoms with Gasteiger partial charge in [0.2, 0.25) is 10.0 Å². The lowest BCUT2D eigenvalue weighted by atomic mass is 10.1. The molecule has 1 aliphatic rings. The average molecular weight is 325 g/mol. The van der Waals surface area contributed by atoms with Crippen LogP contribution in [0.15, 0.2) is 24.3 Å². The van der Waals surface area contributed by atoms with Crippen molar-refractivity contribution < 1.29 is 13.2 Å². The van der Waals surface area contributed by atoms with Crippen LogP contribution in [0.2, 0.25) is 0 Å². The number of hydrogen-bond acceptors (Lipinski definition) is 4. The molecule has 7 heteroatoms. The predicted octanol–water partition coefficient (Wildman–Crippen LogP) is 1.18. The standard InChI is InChI=1S/C15H23N3O3S/c1-2-22(20,21)18-14-6-4-3-5-13(14)15(19)17-10-8-12-7-9-16-11-12/h3-6,12,16,18H,2,7-11H2,1H3,(H,17,19). The van der Waals surface area contributed by atoms with Crippen molar-refractivity contribution in [2.45, 2.75) is 19.8 Å². The van der Waals surface area contributed by atoms with Crippen molar-refractivity contribution in [3.8, 4) is 0 Å². The lowest BCUT2D eigenvalue weighted by Gasteiger charge is -2.13. The smallest absolute Gasteiger partial charge is 0.253 e. The van der Waals surface area contributed by atoms with Gasteiger partial charge in [0, 0.05) is 6.54 Å². The Bertz CT molecular complexity index is 610. The number of para-hydroxylation sites is 1. The molecule has 1 heterocycles. The highest BCUT2D eigenvalue weighted by atomic mass is 32.2. The monoisotopic (exact) mass is 325 g/mol. The van der Waals surface area contributed by atoms with Gasteiger partial charge in [0.1, 0.15) is 0 Å². The molecule has 1 unspecified atom stereocenters. The summed E-state index contributed by atoms with van der Waals surface area (Å²) in [6.07, 6.45) is 2.07. The second-order valence-electron chi connectivity index (χ2n) is 5.45. The first-order chi connectivity index (χ1) is 10.5. The molecule has 6 nitrogen and oxygen atoms in total. The number of sulfonamides is 1. The van der Waals surface area contributed by atoms with Crippen molar-refractivity contribution >= 4 is 21.6 Å². The van der Waals surface area contributed by atoms with Crippen LogP contribution in [0.25, 0.3) is 0 Å². The zero-order valence-corrected chi connectivity index (χ0v) is 13.6. The van der Waals surface area contributed by atoms with Gasteiger partial charge in [-0.25, -0.2) is 8.42 Å². The molecule has 0 bridgehead atoms. The van der Waals surface area contributed by atoms with Gasteiger partial charge >= 0.3 is 0 Å². The summed E-state index contributed by atoms with van der Waals surface area (Å²) in [6.45, 7) is 4.20. The molecule has 1 aromatic rings. The van der Waals surface area contributed by atoms with E-state index >= 15 is 0 Å². The molecule has 0 saturated carbocycles. The van der Waals surface area contributed by atoms with E-state index in [0.29, 0.717) is 23.7 Å². The van der Waals surface area contributed by atoms with E-state index in [-0.39, 0.29) is 11.7 Å². The lowest BCUT2D eigenvalue weighted by molar-refractivity contribution is 0.0952. The van der Waals surface area contributed by atoms with Crippen LogP contribution >= 0.6 is 0 Å². The highest BCUT2D eigenvalue weighted by molar-refractivity contribution is 7.92. The number of anilines is 1. The Morgan fingerprint density at radius 1 is 1.36 bits per heavy atom. The van der Waals surface area contributed by atoms with Gasteiger partial charge in [0.25, 0.3) is 5.91 Å². The number of rotatable bonds is 7. The van der Waals surface area contributed by atoms with Crippen LogP contribution in [0.5, 0.6) is 0 Å². The first kappa shape index (κ1) is 16.8. The summed E-state index contributed by atoms with van der Waals surface area (Å²) in [5.41, 5.74) is 0.674. The summed E-state index contributed by atoms with van der Waals surface area (Å²) in [7, 11) is -3.40. The van der Waals surface area contributed by atoms with Crippen molar-refractivity contribution in [1.29, 1.82) is 0 Å². The molecule has 1 amide bonds. The Morgan fingerprint density at radius 2 is 2.14 bits per heavy atom. The Hall–Kier alpha value is -1.60. The lowest BCUT2D eigenvalue weighted by Crippen LogP contribution is -2.28. The molecule has 1 saturated heterocycles. The average Bonchev–Trinajstić information content (AvgIpc) is 3.00. The van der Waals surface area contributed by atoms with Crippen LogP contribution in [-0.4, -0.2) is 39.7 Å². The van der Waals surface area contributed by atoms with E-state index in [4.69, 9.17) is 0 Å². The SMILES string of the molecule is CCS(=O)(=O)Nc1ccccc1C(=O)NCCC1CCNC1. The molecule has 0 spiro atoms. The van der Waals surface area contributed by atoms with Gasteiger partial charge in [-0.3, -0.25) is 9.52 Å². The first-order valence-electron chi connectivity index (χ1n) is 7.60. The molecule has 22 heavy (non-hydrogen) atoms. The maximum atomic E-state index is 12.3. The molecular formula is C15H23N3O3S. The molecule has 0 aromatic heterocycles. The molecule has 1 aromatic carbocycles. The molecule has 0 radical (unpaired) electrons. The number of carbonyl (C=O) groups excluding carboxylic acids is 1. The van der Waals surface area contributed by atoms with Gasteiger partial charge in [-0.1, -0.05) is 12.1 Å². The van der Waals surface area contributed by atoms with Crippen LogP contribution in [0, 0.1) is 5.92 Å². The second-order valence-corrected chi connectivity index (χ2v) is 7.47. The van der Waals surface area contributed by atoms with Crippen molar-refractivity contribution in [3.63, 3.8) is 0 Å². The fraction of sp³-hybridized carbons (Fsp3) is 0.533. The van der Waals surface area contributed by atoms with Gasteiger partial charge in [-0.15, -0.1) is 0 Å². The van der Waals surface area contributed by atoms with E-state index in [1.54, 1.807) is 31.2 Å². The molecule has 2 rings (SSSR count). The summed E-state index contributed by atoms with van der Waals surface area (Å²) < 4.78 is 25.8. The first-order valence-corrected chi connectivity index (χ1v) is 9.25. The Labute approximate surface area is 131 Å². The van der Waals surface area contributed by atoms with Crippen LogP contribution in [0.3, 0.4) is 0 Å². The van der Waals surface area contributed by atoms with Gasteiger partial charge in [0.15, 0.2) is 0 Å². The number of carbonyl (C=O) groups is 1. The maximum absolute atomic E-state index is 12.3. The van der Waals surface area contributed by atoms with Crippen LogP contribution < -0.4 is 15.4 Å².